The first kappa shape index (κ1) is 12.6. The molecule has 96 valence electrons. The summed E-state index contributed by atoms with van der Waals surface area (Å²) in [6, 6.07) is 5.86. The van der Waals surface area contributed by atoms with E-state index in [1.807, 2.05) is 18.2 Å². The molecule has 0 bridgehead atoms. The molecule has 1 N–H and O–H groups in total. The van der Waals surface area contributed by atoms with Crippen LogP contribution in [0.15, 0.2) is 30.5 Å². The molecule has 4 heteroatoms. The molecule has 0 atom stereocenters. The molecule has 0 radical (unpaired) electrons. The molecule has 0 saturated heterocycles. The molecule has 4 nitrogen and oxygen atoms in total. The lowest BCUT2D eigenvalue weighted by Crippen LogP contribution is -2.35. The highest BCUT2D eigenvalue weighted by molar-refractivity contribution is 5.68. The summed E-state index contributed by atoms with van der Waals surface area (Å²) < 4.78 is 4.96. The van der Waals surface area contributed by atoms with Crippen molar-refractivity contribution in [2.24, 2.45) is 0 Å². The number of hydrogen-bond acceptors (Lipinski definition) is 3. The van der Waals surface area contributed by atoms with Crippen LogP contribution in [0.4, 0.5) is 4.79 Å². The van der Waals surface area contributed by atoms with Crippen LogP contribution < -0.4 is 0 Å². The summed E-state index contributed by atoms with van der Waals surface area (Å²) in [5, 5.41) is 9.08. The Labute approximate surface area is 106 Å². The lowest BCUT2D eigenvalue weighted by Gasteiger charge is -2.27. The van der Waals surface area contributed by atoms with Crippen LogP contribution in [0.25, 0.3) is 0 Å². The Bertz CT molecular complexity index is 468. The second kappa shape index (κ2) is 5.69. The lowest BCUT2D eigenvalue weighted by molar-refractivity contribution is 0.132. The van der Waals surface area contributed by atoms with Crippen LogP contribution in [0.1, 0.15) is 23.6 Å². The highest BCUT2D eigenvalue weighted by Crippen LogP contribution is 2.21. The van der Waals surface area contributed by atoms with Crippen LogP contribution in [0.3, 0.4) is 0 Å². The van der Waals surface area contributed by atoms with Crippen molar-refractivity contribution in [1.29, 1.82) is 0 Å². The van der Waals surface area contributed by atoms with Gasteiger partial charge in [-0.1, -0.05) is 24.3 Å². The number of aliphatic hydroxyl groups is 1. The predicted molar refractivity (Wildman–Crippen MR) is 67.8 cm³/mol. The number of aliphatic hydroxyl groups excluding tert-OH is 1. The van der Waals surface area contributed by atoms with E-state index in [1.54, 1.807) is 17.9 Å². The Hall–Kier alpha value is -1.81. The van der Waals surface area contributed by atoms with Crippen molar-refractivity contribution >= 4 is 6.09 Å². The maximum absolute atomic E-state index is 11.7. The first-order valence-electron chi connectivity index (χ1n) is 6.03. The SMILES string of the molecule is CC=COC(=O)N1CCc2cc(CO)ccc2C1. The molecule has 0 aliphatic carbocycles. The molecule has 0 unspecified atom stereocenters. The lowest BCUT2D eigenvalue weighted by atomic mass is 9.98. The zero-order valence-electron chi connectivity index (χ0n) is 10.4. The van der Waals surface area contributed by atoms with Gasteiger partial charge in [0.2, 0.25) is 0 Å². The summed E-state index contributed by atoms with van der Waals surface area (Å²) in [7, 11) is 0. The number of allylic oxidation sites excluding steroid dienone is 1. The van der Waals surface area contributed by atoms with Gasteiger partial charge in [-0.05, 0) is 30.0 Å². The second-order valence-corrected chi connectivity index (χ2v) is 4.29. The van der Waals surface area contributed by atoms with Gasteiger partial charge in [0.05, 0.1) is 12.9 Å². The minimum Gasteiger partial charge on any atom is -0.419 e. The number of benzene rings is 1. The zero-order chi connectivity index (χ0) is 13.0. The third kappa shape index (κ3) is 2.71. The zero-order valence-corrected chi connectivity index (χ0v) is 10.4. The summed E-state index contributed by atoms with van der Waals surface area (Å²) >= 11 is 0. The van der Waals surface area contributed by atoms with Gasteiger partial charge in [-0.2, -0.15) is 0 Å². The van der Waals surface area contributed by atoms with Gasteiger partial charge < -0.3 is 14.7 Å². The fraction of sp³-hybridized carbons (Fsp3) is 0.357. The first-order valence-corrected chi connectivity index (χ1v) is 6.03. The number of amides is 1. The van der Waals surface area contributed by atoms with Crippen molar-refractivity contribution < 1.29 is 14.6 Å². The topological polar surface area (TPSA) is 49.8 Å². The van der Waals surface area contributed by atoms with E-state index in [4.69, 9.17) is 9.84 Å². The van der Waals surface area contributed by atoms with E-state index >= 15 is 0 Å². The van der Waals surface area contributed by atoms with Gasteiger partial charge in [-0.3, -0.25) is 0 Å². The van der Waals surface area contributed by atoms with E-state index in [0.29, 0.717) is 13.1 Å². The maximum atomic E-state index is 11.7. The van der Waals surface area contributed by atoms with E-state index in [1.165, 1.54) is 11.8 Å². The molecule has 1 aromatic rings. The summed E-state index contributed by atoms with van der Waals surface area (Å²) in [5.74, 6) is 0. The molecule has 1 aliphatic heterocycles. The summed E-state index contributed by atoms with van der Waals surface area (Å²) in [5.41, 5.74) is 3.24. The molecule has 1 amide bonds. The van der Waals surface area contributed by atoms with Gasteiger partial charge in [0.25, 0.3) is 0 Å². The minimum atomic E-state index is -0.315. The number of carbonyl (C=O) groups excluding carboxylic acids is 1. The van der Waals surface area contributed by atoms with Crippen LogP contribution in [0, 0.1) is 0 Å². The fourth-order valence-electron chi connectivity index (χ4n) is 2.06. The third-order valence-electron chi connectivity index (χ3n) is 3.03. The number of ether oxygens (including phenoxy) is 1. The van der Waals surface area contributed by atoms with Crippen molar-refractivity contribution in [1.82, 2.24) is 4.90 Å². The number of nitrogens with zero attached hydrogens (tertiary/aromatic N) is 1. The van der Waals surface area contributed by atoms with Crippen molar-refractivity contribution in [3.8, 4) is 0 Å². The maximum Gasteiger partial charge on any atom is 0.414 e. The second-order valence-electron chi connectivity index (χ2n) is 4.29. The summed E-state index contributed by atoms with van der Waals surface area (Å²) in [4.78, 5) is 13.4. The van der Waals surface area contributed by atoms with Crippen LogP contribution in [0.5, 0.6) is 0 Å². The van der Waals surface area contributed by atoms with Gasteiger partial charge in [0.15, 0.2) is 0 Å². The Balaban J connectivity index is 2.08. The third-order valence-corrected chi connectivity index (χ3v) is 3.03. The minimum absolute atomic E-state index is 0.0559. The average Bonchev–Trinajstić information content (AvgIpc) is 2.43. The van der Waals surface area contributed by atoms with E-state index < -0.39 is 0 Å². The largest absolute Gasteiger partial charge is 0.419 e. The van der Waals surface area contributed by atoms with E-state index in [0.717, 1.165) is 17.5 Å². The van der Waals surface area contributed by atoms with Gasteiger partial charge in [0, 0.05) is 13.1 Å². The molecule has 0 aromatic heterocycles. The molecule has 1 heterocycles. The molecule has 0 spiro atoms. The average molecular weight is 247 g/mol. The number of carbonyl (C=O) groups is 1. The molecule has 2 rings (SSSR count). The highest BCUT2D eigenvalue weighted by atomic mass is 16.5. The van der Waals surface area contributed by atoms with E-state index in [-0.39, 0.29) is 12.7 Å². The highest BCUT2D eigenvalue weighted by Gasteiger charge is 2.21. The van der Waals surface area contributed by atoms with Gasteiger partial charge in [-0.15, -0.1) is 0 Å². The Kier molecular flexibility index (Phi) is 3.99. The van der Waals surface area contributed by atoms with Gasteiger partial charge in [-0.25, -0.2) is 4.79 Å². The van der Waals surface area contributed by atoms with Crippen molar-refractivity contribution in [2.75, 3.05) is 6.54 Å². The molecule has 1 aliphatic rings. The quantitative estimate of drug-likeness (QED) is 0.815. The van der Waals surface area contributed by atoms with E-state index in [2.05, 4.69) is 0 Å². The van der Waals surface area contributed by atoms with Crippen molar-refractivity contribution in [2.45, 2.75) is 26.5 Å². The molecule has 0 fully saturated rings. The van der Waals surface area contributed by atoms with E-state index in [9.17, 15) is 4.79 Å². The number of hydrogen-bond donors (Lipinski definition) is 1. The van der Waals surface area contributed by atoms with Crippen LogP contribution in [-0.4, -0.2) is 22.6 Å². The number of fused-ring (bicyclic) bond motifs is 1. The first-order chi connectivity index (χ1) is 8.74. The monoisotopic (exact) mass is 247 g/mol. The van der Waals surface area contributed by atoms with Crippen LogP contribution in [0.2, 0.25) is 0 Å². The normalized spacial score (nSPS) is 14.7. The molecule has 0 saturated carbocycles. The summed E-state index contributed by atoms with van der Waals surface area (Å²) in [6.45, 7) is 3.07. The summed E-state index contributed by atoms with van der Waals surface area (Å²) in [6.07, 6.45) is 3.56. The predicted octanol–water partition coefficient (Wildman–Crippen LogP) is 2.21. The van der Waals surface area contributed by atoms with Gasteiger partial charge >= 0.3 is 6.09 Å². The Morgan fingerprint density at radius 3 is 3.06 bits per heavy atom. The number of rotatable bonds is 2. The molecule has 18 heavy (non-hydrogen) atoms. The Morgan fingerprint density at radius 1 is 1.50 bits per heavy atom. The van der Waals surface area contributed by atoms with Gasteiger partial charge in [0.1, 0.15) is 0 Å². The Morgan fingerprint density at radius 2 is 2.33 bits per heavy atom. The molecular weight excluding hydrogens is 230 g/mol. The van der Waals surface area contributed by atoms with Crippen molar-refractivity contribution in [3.63, 3.8) is 0 Å². The smallest absolute Gasteiger partial charge is 0.414 e. The molecular formula is C14H17NO3. The standard InChI is InChI=1S/C14H17NO3/c1-2-7-18-14(17)15-6-5-12-8-11(10-16)3-4-13(12)9-15/h2-4,7-8,16H,5-6,9-10H2,1H3. The molecule has 1 aromatic carbocycles. The van der Waals surface area contributed by atoms with Crippen molar-refractivity contribution in [3.05, 3.63) is 47.2 Å². The fourth-order valence-corrected chi connectivity index (χ4v) is 2.06. The van der Waals surface area contributed by atoms with Crippen LogP contribution in [-0.2, 0) is 24.3 Å². The van der Waals surface area contributed by atoms with Crippen LogP contribution >= 0.6 is 0 Å².